The van der Waals surface area contributed by atoms with E-state index < -0.39 is 0 Å². The number of halogens is 1. The van der Waals surface area contributed by atoms with Crippen LogP contribution in [-0.2, 0) is 13.5 Å². The zero-order valence-corrected chi connectivity index (χ0v) is 13.7. The lowest BCUT2D eigenvalue weighted by molar-refractivity contribution is 0.549. The Labute approximate surface area is 129 Å². The van der Waals surface area contributed by atoms with Crippen LogP contribution in [0.25, 0.3) is 0 Å². The Bertz CT molecular complexity index is 536. The van der Waals surface area contributed by atoms with E-state index in [4.69, 9.17) is 0 Å². The third-order valence-corrected chi connectivity index (χ3v) is 4.09. The van der Waals surface area contributed by atoms with Gasteiger partial charge in [-0.15, -0.1) is 0 Å². The SMILES string of the molecule is CCNCC(CCc1nccn1C)c1cccc(Br)c1. The number of imidazole rings is 1. The summed E-state index contributed by atoms with van der Waals surface area (Å²) in [5, 5.41) is 3.47. The van der Waals surface area contributed by atoms with Crippen molar-refractivity contribution in [1.82, 2.24) is 14.9 Å². The van der Waals surface area contributed by atoms with Gasteiger partial charge in [-0.2, -0.15) is 0 Å². The van der Waals surface area contributed by atoms with Gasteiger partial charge in [-0.25, -0.2) is 4.98 Å². The highest BCUT2D eigenvalue weighted by Crippen LogP contribution is 2.23. The standard InChI is InChI=1S/C16H22BrN3/c1-3-18-12-14(13-5-4-6-15(17)11-13)7-8-16-19-9-10-20(16)2/h4-6,9-11,14,18H,3,7-8,12H2,1-2H3. The van der Waals surface area contributed by atoms with Crippen molar-refractivity contribution in [2.45, 2.75) is 25.7 Å². The molecule has 0 spiro atoms. The van der Waals surface area contributed by atoms with E-state index in [1.165, 1.54) is 5.56 Å². The van der Waals surface area contributed by atoms with Gasteiger partial charge in [0.2, 0.25) is 0 Å². The summed E-state index contributed by atoms with van der Waals surface area (Å²) in [5.41, 5.74) is 1.38. The molecular formula is C16H22BrN3. The molecule has 0 aliphatic heterocycles. The number of hydrogen-bond acceptors (Lipinski definition) is 2. The number of nitrogens with zero attached hydrogens (tertiary/aromatic N) is 2. The molecular weight excluding hydrogens is 314 g/mol. The molecule has 0 saturated carbocycles. The second kappa shape index (κ2) is 7.60. The summed E-state index contributed by atoms with van der Waals surface area (Å²) in [6.07, 6.45) is 5.99. The third-order valence-electron chi connectivity index (χ3n) is 3.60. The average molecular weight is 336 g/mol. The highest BCUT2D eigenvalue weighted by Gasteiger charge is 2.13. The Hall–Kier alpha value is -1.13. The number of benzene rings is 1. The predicted octanol–water partition coefficient (Wildman–Crippen LogP) is 3.51. The summed E-state index contributed by atoms with van der Waals surface area (Å²) in [6, 6.07) is 8.62. The van der Waals surface area contributed by atoms with Crippen molar-refractivity contribution < 1.29 is 0 Å². The van der Waals surface area contributed by atoms with Crippen LogP contribution in [0.1, 0.15) is 30.7 Å². The van der Waals surface area contributed by atoms with Gasteiger partial charge in [-0.3, -0.25) is 0 Å². The first-order valence-corrected chi connectivity index (χ1v) is 7.92. The van der Waals surface area contributed by atoms with Gasteiger partial charge >= 0.3 is 0 Å². The predicted molar refractivity (Wildman–Crippen MR) is 87.0 cm³/mol. The van der Waals surface area contributed by atoms with Crippen molar-refractivity contribution in [2.75, 3.05) is 13.1 Å². The van der Waals surface area contributed by atoms with Crippen LogP contribution in [0, 0.1) is 0 Å². The van der Waals surface area contributed by atoms with Gasteiger partial charge in [-0.05, 0) is 36.6 Å². The van der Waals surface area contributed by atoms with Gasteiger partial charge in [0.1, 0.15) is 5.82 Å². The molecule has 2 aromatic rings. The van der Waals surface area contributed by atoms with Gasteiger partial charge in [0.25, 0.3) is 0 Å². The zero-order valence-electron chi connectivity index (χ0n) is 12.1. The summed E-state index contributed by atoms with van der Waals surface area (Å²) >= 11 is 3.56. The Balaban J connectivity index is 2.05. The van der Waals surface area contributed by atoms with E-state index in [0.717, 1.165) is 36.2 Å². The van der Waals surface area contributed by atoms with Crippen LogP contribution >= 0.6 is 15.9 Å². The zero-order chi connectivity index (χ0) is 14.4. The monoisotopic (exact) mass is 335 g/mol. The molecule has 1 N–H and O–H groups in total. The van der Waals surface area contributed by atoms with Gasteiger partial charge < -0.3 is 9.88 Å². The molecule has 4 heteroatoms. The summed E-state index contributed by atoms with van der Waals surface area (Å²) < 4.78 is 3.25. The summed E-state index contributed by atoms with van der Waals surface area (Å²) in [5.74, 6) is 1.67. The molecule has 3 nitrogen and oxygen atoms in total. The molecule has 0 radical (unpaired) electrons. The van der Waals surface area contributed by atoms with Gasteiger partial charge in [0.15, 0.2) is 0 Å². The maximum Gasteiger partial charge on any atom is 0.108 e. The van der Waals surface area contributed by atoms with Crippen molar-refractivity contribution >= 4 is 15.9 Å². The average Bonchev–Trinajstić information content (AvgIpc) is 2.84. The van der Waals surface area contributed by atoms with Crippen LogP contribution in [0.4, 0.5) is 0 Å². The minimum Gasteiger partial charge on any atom is -0.338 e. The quantitative estimate of drug-likeness (QED) is 0.839. The minimum absolute atomic E-state index is 0.518. The van der Waals surface area contributed by atoms with E-state index in [-0.39, 0.29) is 0 Å². The number of likely N-dealkylation sites (N-methyl/N-ethyl adjacent to an activating group) is 1. The number of rotatable bonds is 7. The van der Waals surface area contributed by atoms with Crippen molar-refractivity contribution in [3.8, 4) is 0 Å². The number of hydrogen-bond donors (Lipinski definition) is 1. The van der Waals surface area contributed by atoms with E-state index >= 15 is 0 Å². The fourth-order valence-electron chi connectivity index (χ4n) is 2.41. The number of nitrogens with one attached hydrogen (secondary N) is 1. The Morgan fingerprint density at radius 2 is 2.25 bits per heavy atom. The molecule has 2 rings (SSSR count). The maximum atomic E-state index is 4.41. The van der Waals surface area contributed by atoms with Gasteiger partial charge in [-0.1, -0.05) is 35.0 Å². The van der Waals surface area contributed by atoms with Crippen LogP contribution in [0.2, 0.25) is 0 Å². The van der Waals surface area contributed by atoms with Crippen molar-refractivity contribution in [2.24, 2.45) is 7.05 Å². The third kappa shape index (κ3) is 4.18. The topological polar surface area (TPSA) is 29.9 Å². The summed E-state index contributed by atoms with van der Waals surface area (Å²) in [7, 11) is 2.06. The first-order chi connectivity index (χ1) is 9.70. The minimum atomic E-state index is 0.518. The molecule has 0 aliphatic carbocycles. The van der Waals surface area contributed by atoms with E-state index in [1.807, 2.05) is 12.4 Å². The normalized spacial score (nSPS) is 12.6. The Kier molecular flexibility index (Phi) is 5.80. The maximum absolute atomic E-state index is 4.41. The lowest BCUT2D eigenvalue weighted by atomic mass is 9.94. The Morgan fingerprint density at radius 1 is 1.40 bits per heavy atom. The number of aryl methyl sites for hydroxylation is 2. The van der Waals surface area contributed by atoms with E-state index in [9.17, 15) is 0 Å². The molecule has 0 amide bonds. The first-order valence-electron chi connectivity index (χ1n) is 7.13. The van der Waals surface area contributed by atoms with E-state index in [0.29, 0.717) is 5.92 Å². The molecule has 20 heavy (non-hydrogen) atoms. The van der Waals surface area contributed by atoms with E-state index in [2.05, 4.69) is 69.0 Å². The van der Waals surface area contributed by atoms with Crippen LogP contribution in [0.5, 0.6) is 0 Å². The van der Waals surface area contributed by atoms with Gasteiger partial charge in [0, 0.05) is 36.9 Å². The molecule has 0 aliphatic rings. The van der Waals surface area contributed by atoms with Crippen LogP contribution in [0.3, 0.4) is 0 Å². The smallest absolute Gasteiger partial charge is 0.108 e. The van der Waals surface area contributed by atoms with Crippen LogP contribution < -0.4 is 5.32 Å². The molecule has 108 valence electrons. The van der Waals surface area contributed by atoms with Crippen LogP contribution in [-0.4, -0.2) is 22.6 Å². The molecule has 0 bridgehead atoms. The highest BCUT2D eigenvalue weighted by molar-refractivity contribution is 9.10. The van der Waals surface area contributed by atoms with Crippen molar-refractivity contribution in [3.63, 3.8) is 0 Å². The lowest BCUT2D eigenvalue weighted by Crippen LogP contribution is -2.22. The first kappa shape index (κ1) is 15.3. The second-order valence-electron chi connectivity index (χ2n) is 5.05. The highest BCUT2D eigenvalue weighted by atomic mass is 79.9. The summed E-state index contributed by atoms with van der Waals surface area (Å²) in [4.78, 5) is 4.41. The molecule has 1 aromatic heterocycles. The fraction of sp³-hybridized carbons (Fsp3) is 0.438. The second-order valence-corrected chi connectivity index (χ2v) is 5.97. The van der Waals surface area contributed by atoms with Crippen LogP contribution in [0.15, 0.2) is 41.1 Å². The lowest BCUT2D eigenvalue weighted by Gasteiger charge is -2.18. The Morgan fingerprint density at radius 3 is 2.90 bits per heavy atom. The molecule has 0 saturated heterocycles. The van der Waals surface area contributed by atoms with Crippen molar-refractivity contribution in [1.29, 1.82) is 0 Å². The molecule has 1 atom stereocenters. The molecule has 0 fully saturated rings. The van der Waals surface area contributed by atoms with Gasteiger partial charge in [0.05, 0.1) is 0 Å². The summed E-state index contributed by atoms with van der Waals surface area (Å²) in [6.45, 7) is 4.17. The number of aromatic nitrogens is 2. The van der Waals surface area contributed by atoms with E-state index in [1.54, 1.807) is 0 Å². The van der Waals surface area contributed by atoms with Crippen molar-refractivity contribution in [3.05, 3.63) is 52.5 Å². The molecule has 1 unspecified atom stereocenters. The molecule has 1 aromatic carbocycles. The molecule has 1 heterocycles. The fourth-order valence-corrected chi connectivity index (χ4v) is 2.82. The largest absolute Gasteiger partial charge is 0.338 e.